The Morgan fingerprint density at radius 1 is 1.44 bits per heavy atom. The lowest BCUT2D eigenvalue weighted by Gasteiger charge is -2.15. The minimum absolute atomic E-state index is 0.0384. The first kappa shape index (κ1) is 11.0. The highest BCUT2D eigenvalue weighted by Crippen LogP contribution is 2.11. The van der Waals surface area contributed by atoms with Gasteiger partial charge in [-0.25, -0.2) is 0 Å². The van der Waals surface area contributed by atoms with Crippen molar-refractivity contribution in [2.45, 2.75) is 12.5 Å². The van der Waals surface area contributed by atoms with Crippen molar-refractivity contribution in [1.29, 1.82) is 0 Å². The van der Waals surface area contributed by atoms with E-state index >= 15 is 0 Å². The van der Waals surface area contributed by atoms with Crippen molar-refractivity contribution >= 4 is 5.91 Å². The molecule has 1 atom stereocenters. The van der Waals surface area contributed by atoms with Crippen LogP contribution in [0.25, 0.3) is 0 Å². The molecular weight excluding hydrogens is 206 g/mol. The summed E-state index contributed by atoms with van der Waals surface area (Å²) in [6.07, 6.45) is 0.289. The van der Waals surface area contributed by atoms with Gasteiger partial charge in [0.15, 0.2) is 6.61 Å². The molecule has 0 saturated carbocycles. The van der Waals surface area contributed by atoms with Gasteiger partial charge in [0.2, 0.25) is 0 Å². The number of rotatable bonds is 3. The molecule has 16 heavy (non-hydrogen) atoms. The average Bonchev–Trinajstić information content (AvgIpc) is 2.74. The molecule has 1 unspecified atom stereocenters. The van der Waals surface area contributed by atoms with E-state index in [9.17, 15) is 9.90 Å². The zero-order valence-corrected chi connectivity index (χ0v) is 9.00. The lowest BCUT2D eigenvalue weighted by atomic mass is 10.3. The topological polar surface area (TPSA) is 49.8 Å². The number of amides is 1. The predicted octanol–water partition coefficient (Wildman–Crippen LogP) is 0.659. The van der Waals surface area contributed by atoms with Gasteiger partial charge in [-0.1, -0.05) is 18.2 Å². The standard InChI is InChI=1S/C12H15NO3/c14-10-6-7-13(8-10)12(15)9-16-11-4-2-1-3-5-11/h1-5,10,14H,6-9H2. The van der Waals surface area contributed by atoms with Crippen LogP contribution in [0.4, 0.5) is 0 Å². The van der Waals surface area contributed by atoms with E-state index in [4.69, 9.17) is 4.74 Å². The number of β-amino-alcohol motifs (C(OH)–C–C–N with tert-alkyl or cyclic N) is 1. The van der Waals surface area contributed by atoms with E-state index in [-0.39, 0.29) is 18.6 Å². The summed E-state index contributed by atoms with van der Waals surface area (Å²) in [5, 5.41) is 9.30. The molecule has 4 heteroatoms. The normalized spacial score (nSPS) is 19.8. The summed E-state index contributed by atoms with van der Waals surface area (Å²) < 4.78 is 5.34. The molecule has 1 aromatic carbocycles. The Labute approximate surface area is 94.4 Å². The quantitative estimate of drug-likeness (QED) is 0.815. The Hall–Kier alpha value is -1.55. The van der Waals surface area contributed by atoms with Crippen molar-refractivity contribution in [3.63, 3.8) is 0 Å². The van der Waals surface area contributed by atoms with Gasteiger partial charge in [0.25, 0.3) is 5.91 Å². The van der Waals surface area contributed by atoms with Crippen LogP contribution in [0, 0.1) is 0 Å². The minimum Gasteiger partial charge on any atom is -0.484 e. The maximum atomic E-state index is 11.7. The van der Waals surface area contributed by atoms with Crippen molar-refractivity contribution in [3.05, 3.63) is 30.3 Å². The maximum absolute atomic E-state index is 11.7. The third-order valence-corrected chi connectivity index (χ3v) is 2.62. The van der Waals surface area contributed by atoms with E-state index in [2.05, 4.69) is 0 Å². The molecule has 0 spiro atoms. The van der Waals surface area contributed by atoms with Gasteiger partial charge >= 0.3 is 0 Å². The van der Waals surface area contributed by atoms with Gasteiger partial charge in [0.05, 0.1) is 6.10 Å². The summed E-state index contributed by atoms with van der Waals surface area (Å²) in [6.45, 7) is 1.09. The minimum atomic E-state index is -0.374. The predicted molar refractivity (Wildman–Crippen MR) is 59.1 cm³/mol. The SMILES string of the molecule is O=C(COc1ccccc1)N1CCC(O)C1. The Morgan fingerprint density at radius 2 is 2.19 bits per heavy atom. The van der Waals surface area contributed by atoms with E-state index in [1.807, 2.05) is 30.3 Å². The van der Waals surface area contributed by atoms with Crippen LogP contribution < -0.4 is 4.74 Å². The molecule has 86 valence electrons. The van der Waals surface area contributed by atoms with Crippen molar-refractivity contribution in [1.82, 2.24) is 4.90 Å². The van der Waals surface area contributed by atoms with E-state index in [1.54, 1.807) is 4.90 Å². The Kier molecular flexibility index (Phi) is 3.41. The molecule has 1 aliphatic rings. The van der Waals surface area contributed by atoms with E-state index < -0.39 is 0 Å². The van der Waals surface area contributed by atoms with Crippen LogP contribution in [-0.2, 0) is 4.79 Å². The fourth-order valence-electron chi connectivity index (χ4n) is 1.72. The lowest BCUT2D eigenvalue weighted by Crippen LogP contribution is -2.33. The highest BCUT2D eigenvalue weighted by Gasteiger charge is 2.24. The van der Waals surface area contributed by atoms with Crippen molar-refractivity contribution in [2.75, 3.05) is 19.7 Å². The molecule has 0 bridgehead atoms. The first-order chi connectivity index (χ1) is 7.75. The van der Waals surface area contributed by atoms with Crippen LogP contribution in [0.5, 0.6) is 5.75 Å². The molecule has 4 nitrogen and oxygen atoms in total. The number of para-hydroxylation sites is 1. The van der Waals surface area contributed by atoms with E-state index in [0.717, 1.165) is 0 Å². The zero-order valence-electron chi connectivity index (χ0n) is 9.00. The maximum Gasteiger partial charge on any atom is 0.260 e. The molecule has 0 aliphatic carbocycles. The number of nitrogens with zero attached hydrogens (tertiary/aromatic N) is 1. The molecule has 1 fully saturated rings. The monoisotopic (exact) mass is 221 g/mol. The van der Waals surface area contributed by atoms with Gasteiger partial charge in [-0.2, -0.15) is 0 Å². The number of carbonyl (C=O) groups excluding carboxylic acids is 1. The summed E-state index contributed by atoms with van der Waals surface area (Å²) in [5.74, 6) is 0.621. The number of hydrogen-bond acceptors (Lipinski definition) is 3. The van der Waals surface area contributed by atoms with Gasteiger partial charge in [-0.05, 0) is 18.6 Å². The van der Waals surface area contributed by atoms with Gasteiger partial charge in [0.1, 0.15) is 5.75 Å². The van der Waals surface area contributed by atoms with Gasteiger partial charge in [0, 0.05) is 13.1 Å². The van der Waals surface area contributed by atoms with Gasteiger partial charge < -0.3 is 14.7 Å². The summed E-state index contributed by atoms with van der Waals surface area (Å²) in [6, 6.07) is 9.24. The third-order valence-electron chi connectivity index (χ3n) is 2.62. The van der Waals surface area contributed by atoms with Crippen LogP contribution in [-0.4, -0.2) is 41.7 Å². The number of ether oxygens (including phenoxy) is 1. The van der Waals surface area contributed by atoms with Crippen molar-refractivity contribution in [2.24, 2.45) is 0 Å². The van der Waals surface area contributed by atoms with Crippen LogP contribution in [0.2, 0.25) is 0 Å². The second kappa shape index (κ2) is 4.99. The molecule has 2 rings (SSSR count). The second-order valence-electron chi connectivity index (χ2n) is 3.88. The summed E-state index contributed by atoms with van der Waals surface area (Å²) in [4.78, 5) is 13.3. The second-order valence-corrected chi connectivity index (χ2v) is 3.88. The molecule has 1 heterocycles. The number of hydrogen-bond donors (Lipinski definition) is 1. The molecule has 1 saturated heterocycles. The zero-order chi connectivity index (χ0) is 11.4. The smallest absolute Gasteiger partial charge is 0.260 e. The highest BCUT2D eigenvalue weighted by atomic mass is 16.5. The highest BCUT2D eigenvalue weighted by molar-refractivity contribution is 5.78. The van der Waals surface area contributed by atoms with Crippen LogP contribution in [0.1, 0.15) is 6.42 Å². The number of aliphatic hydroxyl groups excluding tert-OH is 1. The Bertz CT molecular complexity index is 353. The molecule has 1 aliphatic heterocycles. The largest absolute Gasteiger partial charge is 0.484 e. The lowest BCUT2D eigenvalue weighted by molar-refractivity contribution is -0.132. The number of carbonyl (C=O) groups is 1. The van der Waals surface area contributed by atoms with Crippen molar-refractivity contribution in [3.8, 4) is 5.75 Å². The number of aliphatic hydroxyl groups is 1. The number of benzene rings is 1. The summed E-state index contributed by atoms with van der Waals surface area (Å²) in [5.41, 5.74) is 0. The molecule has 1 N–H and O–H groups in total. The first-order valence-electron chi connectivity index (χ1n) is 5.39. The van der Waals surface area contributed by atoms with E-state index in [0.29, 0.717) is 25.3 Å². The fourth-order valence-corrected chi connectivity index (χ4v) is 1.72. The van der Waals surface area contributed by atoms with Crippen LogP contribution >= 0.6 is 0 Å². The first-order valence-corrected chi connectivity index (χ1v) is 5.39. The molecule has 0 radical (unpaired) electrons. The molecule has 1 aromatic rings. The molecule has 1 amide bonds. The number of likely N-dealkylation sites (tertiary alicyclic amines) is 1. The van der Waals surface area contributed by atoms with Gasteiger partial charge in [-0.3, -0.25) is 4.79 Å². The fraction of sp³-hybridized carbons (Fsp3) is 0.417. The van der Waals surface area contributed by atoms with Crippen LogP contribution in [0.15, 0.2) is 30.3 Å². The molecular formula is C12H15NO3. The summed E-state index contributed by atoms with van der Waals surface area (Å²) in [7, 11) is 0. The van der Waals surface area contributed by atoms with Crippen LogP contribution in [0.3, 0.4) is 0 Å². The summed E-state index contributed by atoms with van der Waals surface area (Å²) >= 11 is 0. The molecule has 0 aromatic heterocycles. The average molecular weight is 221 g/mol. The van der Waals surface area contributed by atoms with Gasteiger partial charge in [-0.15, -0.1) is 0 Å². The Balaban J connectivity index is 1.80. The van der Waals surface area contributed by atoms with Crippen molar-refractivity contribution < 1.29 is 14.6 Å². The van der Waals surface area contributed by atoms with E-state index in [1.165, 1.54) is 0 Å². The Morgan fingerprint density at radius 3 is 2.81 bits per heavy atom. The third kappa shape index (κ3) is 2.73.